The zero-order valence-corrected chi connectivity index (χ0v) is 10.9. The highest BCUT2D eigenvalue weighted by atomic mass is 32.1. The number of imidazole rings is 1. The molecule has 17 heavy (non-hydrogen) atoms. The Morgan fingerprint density at radius 1 is 1.59 bits per heavy atom. The van der Waals surface area contributed by atoms with Gasteiger partial charge in [-0.05, 0) is 13.8 Å². The van der Waals surface area contributed by atoms with Gasteiger partial charge >= 0.3 is 0 Å². The predicted octanol–water partition coefficient (Wildman–Crippen LogP) is 1.39. The maximum atomic E-state index is 12.0. The van der Waals surface area contributed by atoms with Crippen molar-refractivity contribution in [1.29, 1.82) is 0 Å². The van der Waals surface area contributed by atoms with Gasteiger partial charge in [0.15, 0.2) is 4.96 Å². The smallest absolute Gasteiger partial charge is 0.270 e. The Balaban J connectivity index is 2.30. The predicted molar refractivity (Wildman–Crippen MR) is 66.8 cm³/mol. The summed E-state index contributed by atoms with van der Waals surface area (Å²) < 4.78 is 6.79. The molecule has 2 aromatic rings. The highest BCUT2D eigenvalue weighted by Crippen LogP contribution is 2.20. The fraction of sp³-hybridized carbons (Fsp3) is 0.455. The maximum Gasteiger partial charge on any atom is 0.270 e. The third kappa shape index (κ3) is 2.18. The van der Waals surface area contributed by atoms with E-state index in [2.05, 4.69) is 10.3 Å². The number of methoxy groups -OCH3 is 1. The molecule has 0 saturated heterocycles. The molecule has 6 heteroatoms. The quantitative estimate of drug-likeness (QED) is 0.838. The molecule has 0 aliphatic carbocycles. The minimum absolute atomic E-state index is 0.103. The molecular weight excluding hydrogens is 238 g/mol. The summed E-state index contributed by atoms with van der Waals surface area (Å²) in [6, 6.07) is 0. The van der Waals surface area contributed by atoms with Crippen LogP contribution in [0.2, 0.25) is 0 Å². The van der Waals surface area contributed by atoms with E-state index in [0.29, 0.717) is 18.8 Å². The van der Waals surface area contributed by atoms with E-state index in [1.807, 2.05) is 23.6 Å². The van der Waals surface area contributed by atoms with Crippen molar-refractivity contribution < 1.29 is 9.53 Å². The number of nitrogens with one attached hydrogen (secondary N) is 1. The minimum Gasteiger partial charge on any atom is -0.383 e. The molecule has 0 aromatic carbocycles. The van der Waals surface area contributed by atoms with Crippen molar-refractivity contribution in [3.8, 4) is 0 Å². The molecule has 2 rings (SSSR count). The molecule has 2 heterocycles. The van der Waals surface area contributed by atoms with Gasteiger partial charge in [0.25, 0.3) is 5.91 Å². The monoisotopic (exact) mass is 253 g/mol. The van der Waals surface area contributed by atoms with Gasteiger partial charge in [0.1, 0.15) is 5.69 Å². The Morgan fingerprint density at radius 2 is 2.35 bits per heavy atom. The van der Waals surface area contributed by atoms with Crippen LogP contribution < -0.4 is 5.32 Å². The normalized spacial score (nSPS) is 11.0. The molecular formula is C11H15N3O2S. The molecule has 0 fully saturated rings. The van der Waals surface area contributed by atoms with Crippen LogP contribution in [-0.2, 0) is 4.74 Å². The van der Waals surface area contributed by atoms with Crippen LogP contribution in [0.4, 0.5) is 0 Å². The van der Waals surface area contributed by atoms with E-state index >= 15 is 0 Å². The van der Waals surface area contributed by atoms with E-state index in [1.165, 1.54) is 0 Å². The number of hydrogen-bond acceptors (Lipinski definition) is 4. The van der Waals surface area contributed by atoms with Crippen molar-refractivity contribution in [3.05, 3.63) is 22.5 Å². The van der Waals surface area contributed by atoms with Crippen molar-refractivity contribution >= 4 is 22.2 Å². The molecule has 0 aliphatic heterocycles. The highest BCUT2D eigenvalue weighted by molar-refractivity contribution is 7.15. The Morgan fingerprint density at radius 3 is 3.06 bits per heavy atom. The summed E-state index contributed by atoms with van der Waals surface area (Å²) in [6.07, 6.45) is 0. The zero-order chi connectivity index (χ0) is 12.4. The lowest BCUT2D eigenvalue weighted by atomic mass is 10.3. The fourth-order valence-corrected chi connectivity index (χ4v) is 2.63. The highest BCUT2D eigenvalue weighted by Gasteiger charge is 2.18. The number of amides is 1. The molecule has 0 saturated carbocycles. The summed E-state index contributed by atoms with van der Waals surface area (Å²) in [4.78, 5) is 17.3. The van der Waals surface area contributed by atoms with Gasteiger partial charge < -0.3 is 10.1 Å². The van der Waals surface area contributed by atoms with Gasteiger partial charge in [-0.15, -0.1) is 11.3 Å². The molecule has 0 bridgehead atoms. The Labute approximate surface area is 103 Å². The Kier molecular flexibility index (Phi) is 3.44. The van der Waals surface area contributed by atoms with E-state index in [0.717, 1.165) is 16.3 Å². The van der Waals surface area contributed by atoms with Crippen molar-refractivity contribution in [2.75, 3.05) is 20.3 Å². The zero-order valence-electron chi connectivity index (χ0n) is 10.1. The van der Waals surface area contributed by atoms with Gasteiger partial charge in [0.05, 0.1) is 12.3 Å². The summed E-state index contributed by atoms with van der Waals surface area (Å²) in [5.74, 6) is -0.103. The number of carbonyl (C=O) groups excluding carboxylic acids is 1. The van der Waals surface area contributed by atoms with Crippen LogP contribution in [0.1, 0.15) is 21.9 Å². The van der Waals surface area contributed by atoms with Crippen LogP contribution >= 0.6 is 11.3 Å². The first-order valence-electron chi connectivity index (χ1n) is 5.35. The second-order valence-corrected chi connectivity index (χ2v) is 4.63. The fourth-order valence-electron chi connectivity index (χ4n) is 1.72. The van der Waals surface area contributed by atoms with E-state index in [9.17, 15) is 4.79 Å². The molecule has 1 N–H and O–H groups in total. The van der Waals surface area contributed by atoms with Gasteiger partial charge in [0, 0.05) is 24.7 Å². The van der Waals surface area contributed by atoms with Crippen molar-refractivity contribution in [1.82, 2.24) is 14.7 Å². The van der Waals surface area contributed by atoms with Crippen LogP contribution in [0.5, 0.6) is 0 Å². The lowest BCUT2D eigenvalue weighted by molar-refractivity contribution is 0.0930. The number of aromatic nitrogens is 2. The molecule has 0 unspecified atom stereocenters. The Bertz CT molecular complexity index is 544. The number of nitrogens with zero attached hydrogens (tertiary/aromatic N) is 2. The number of fused-ring (bicyclic) bond motifs is 1. The summed E-state index contributed by atoms with van der Waals surface area (Å²) in [6.45, 7) is 4.83. The summed E-state index contributed by atoms with van der Waals surface area (Å²) in [5.41, 5.74) is 2.41. The number of carbonyl (C=O) groups is 1. The number of thiazole rings is 1. The largest absolute Gasteiger partial charge is 0.383 e. The minimum atomic E-state index is -0.103. The van der Waals surface area contributed by atoms with E-state index < -0.39 is 0 Å². The van der Waals surface area contributed by atoms with Gasteiger partial charge in [-0.2, -0.15) is 0 Å². The first kappa shape index (κ1) is 12.1. The summed E-state index contributed by atoms with van der Waals surface area (Å²) >= 11 is 1.54. The molecule has 0 aliphatic rings. The van der Waals surface area contributed by atoms with Gasteiger partial charge in [-0.25, -0.2) is 4.98 Å². The summed E-state index contributed by atoms with van der Waals surface area (Å²) in [7, 11) is 1.61. The lowest BCUT2D eigenvalue weighted by Gasteiger charge is -2.05. The molecule has 1 amide bonds. The molecule has 0 atom stereocenters. The first-order valence-corrected chi connectivity index (χ1v) is 6.23. The SMILES string of the molecule is COCCNC(=O)c1c(C)nc2scc(C)n12. The van der Waals surface area contributed by atoms with Crippen LogP contribution in [0.15, 0.2) is 5.38 Å². The number of hydrogen-bond donors (Lipinski definition) is 1. The number of rotatable bonds is 4. The lowest BCUT2D eigenvalue weighted by Crippen LogP contribution is -2.28. The topological polar surface area (TPSA) is 55.6 Å². The average molecular weight is 253 g/mol. The van der Waals surface area contributed by atoms with Crippen LogP contribution in [0.3, 0.4) is 0 Å². The van der Waals surface area contributed by atoms with Crippen LogP contribution in [0.25, 0.3) is 4.96 Å². The molecule has 0 spiro atoms. The standard InChI is InChI=1S/C11H15N3O2S/c1-7-6-17-11-13-8(2)9(14(7)11)10(15)12-4-5-16-3/h6H,4-5H2,1-3H3,(H,12,15). The molecule has 0 radical (unpaired) electrons. The van der Waals surface area contributed by atoms with E-state index in [-0.39, 0.29) is 5.91 Å². The molecule has 2 aromatic heterocycles. The van der Waals surface area contributed by atoms with E-state index in [1.54, 1.807) is 18.4 Å². The van der Waals surface area contributed by atoms with Crippen LogP contribution in [0, 0.1) is 13.8 Å². The average Bonchev–Trinajstić information content (AvgIpc) is 2.79. The first-order chi connectivity index (χ1) is 8.15. The van der Waals surface area contributed by atoms with Crippen molar-refractivity contribution in [2.45, 2.75) is 13.8 Å². The number of ether oxygens (including phenoxy) is 1. The third-order valence-electron chi connectivity index (χ3n) is 2.52. The Hall–Kier alpha value is -1.40. The van der Waals surface area contributed by atoms with Gasteiger partial charge in [-0.3, -0.25) is 9.20 Å². The second kappa shape index (κ2) is 4.85. The molecule has 92 valence electrons. The van der Waals surface area contributed by atoms with Gasteiger partial charge in [0.2, 0.25) is 0 Å². The second-order valence-electron chi connectivity index (χ2n) is 3.79. The number of aryl methyl sites for hydroxylation is 2. The summed E-state index contributed by atoms with van der Waals surface area (Å²) in [5, 5.41) is 4.81. The third-order valence-corrected chi connectivity index (χ3v) is 3.46. The van der Waals surface area contributed by atoms with Crippen molar-refractivity contribution in [3.63, 3.8) is 0 Å². The molecule has 5 nitrogen and oxygen atoms in total. The maximum absolute atomic E-state index is 12.0. The van der Waals surface area contributed by atoms with E-state index in [4.69, 9.17) is 4.74 Å². The van der Waals surface area contributed by atoms with Crippen molar-refractivity contribution in [2.24, 2.45) is 0 Å². The van der Waals surface area contributed by atoms with Crippen LogP contribution in [-0.4, -0.2) is 35.6 Å². The van der Waals surface area contributed by atoms with Gasteiger partial charge in [-0.1, -0.05) is 0 Å².